The van der Waals surface area contributed by atoms with Crippen LogP contribution in [0.3, 0.4) is 0 Å². The molecule has 80 valence electrons. The first-order valence-electron chi connectivity index (χ1n) is 4.63. The highest BCUT2D eigenvalue weighted by Crippen LogP contribution is 2.13. The van der Waals surface area contributed by atoms with Gasteiger partial charge in [0.15, 0.2) is 5.69 Å². The molecular formula is C11H9N3O2. The molecule has 2 heterocycles. The van der Waals surface area contributed by atoms with Crippen LogP contribution in [0.15, 0.2) is 36.8 Å². The maximum absolute atomic E-state index is 11.3. The van der Waals surface area contributed by atoms with Gasteiger partial charge < -0.3 is 4.74 Å². The van der Waals surface area contributed by atoms with E-state index in [-0.39, 0.29) is 5.69 Å². The number of carbonyl (C=O) groups excluding carboxylic acids is 1. The largest absolute Gasteiger partial charge is 0.464 e. The second-order valence-corrected chi connectivity index (χ2v) is 3.00. The monoisotopic (exact) mass is 215 g/mol. The Hall–Kier alpha value is -2.30. The molecule has 5 nitrogen and oxygen atoms in total. The van der Waals surface area contributed by atoms with Gasteiger partial charge in [0.05, 0.1) is 18.5 Å². The number of aromatic nitrogens is 3. The normalized spacial score (nSPS) is 9.81. The summed E-state index contributed by atoms with van der Waals surface area (Å²) in [6, 6.07) is 7.02. The molecule has 0 aliphatic heterocycles. The van der Waals surface area contributed by atoms with Crippen LogP contribution in [0.25, 0.3) is 11.4 Å². The summed E-state index contributed by atoms with van der Waals surface area (Å²) in [5, 5.41) is 0. The van der Waals surface area contributed by atoms with Crippen molar-refractivity contribution in [2.45, 2.75) is 0 Å². The zero-order valence-electron chi connectivity index (χ0n) is 8.62. The Kier molecular flexibility index (Phi) is 2.86. The van der Waals surface area contributed by atoms with Gasteiger partial charge in [-0.15, -0.1) is 0 Å². The molecule has 0 aromatic carbocycles. The molecule has 5 heteroatoms. The van der Waals surface area contributed by atoms with Crippen LogP contribution in [-0.4, -0.2) is 28.0 Å². The Labute approximate surface area is 92.2 Å². The molecule has 0 bridgehead atoms. The molecule has 0 aliphatic carbocycles. The number of ether oxygens (including phenoxy) is 1. The van der Waals surface area contributed by atoms with Crippen molar-refractivity contribution in [2.75, 3.05) is 7.11 Å². The van der Waals surface area contributed by atoms with Gasteiger partial charge >= 0.3 is 5.97 Å². The third kappa shape index (κ3) is 2.03. The van der Waals surface area contributed by atoms with Gasteiger partial charge in [-0.1, -0.05) is 6.07 Å². The first-order chi connectivity index (χ1) is 7.81. The molecule has 0 spiro atoms. The summed E-state index contributed by atoms with van der Waals surface area (Å²) in [7, 11) is 1.31. The number of hydrogen-bond donors (Lipinski definition) is 0. The van der Waals surface area contributed by atoms with Crippen LogP contribution in [0.2, 0.25) is 0 Å². The van der Waals surface area contributed by atoms with E-state index in [9.17, 15) is 4.79 Å². The Morgan fingerprint density at radius 1 is 1.19 bits per heavy atom. The fourth-order valence-electron chi connectivity index (χ4n) is 1.23. The van der Waals surface area contributed by atoms with Gasteiger partial charge in [0, 0.05) is 6.20 Å². The zero-order chi connectivity index (χ0) is 11.4. The summed E-state index contributed by atoms with van der Waals surface area (Å²) in [6.07, 6.45) is 2.98. The van der Waals surface area contributed by atoms with Crippen LogP contribution in [0.4, 0.5) is 0 Å². The van der Waals surface area contributed by atoms with E-state index < -0.39 is 5.97 Å². The molecule has 2 aromatic rings. The Morgan fingerprint density at radius 2 is 2.06 bits per heavy atom. The number of nitrogens with zero attached hydrogens (tertiary/aromatic N) is 3. The second-order valence-electron chi connectivity index (χ2n) is 3.00. The molecule has 2 rings (SSSR count). The number of carbonyl (C=O) groups is 1. The summed E-state index contributed by atoms with van der Waals surface area (Å²) in [5.74, 6) is -0.486. The lowest BCUT2D eigenvalue weighted by atomic mass is 10.2. The minimum Gasteiger partial charge on any atom is -0.464 e. The number of rotatable bonds is 2. The first-order valence-corrected chi connectivity index (χ1v) is 4.63. The van der Waals surface area contributed by atoms with Crippen molar-refractivity contribution in [3.63, 3.8) is 0 Å². The standard InChI is InChI=1S/C11H9N3O2/c1-16-11(15)10-6-9(13-7-14-10)8-4-2-3-5-12-8/h2-7H,1H3. The minimum atomic E-state index is -0.486. The van der Waals surface area contributed by atoms with Crippen molar-refractivity contribution in [3.05, 3.63) is 42.5 Å². The number of hydrogen-bond acceptors (Lipinski definition) is 5. The van der Waals surface area contributed by atoms with E-state index in [2.05, 4.69) is 19.7 Å². The highest BCUT2D eigenvalue weighted by Gasteiger charge is 2.09. The summed E-state index contributed by atoms with van der Waals surface area (Å²) in [5.41, 5.74) is 1.50. The summed E-state index contributed by atoms with van der Waals surface area (Å²) >= 11 is 0. The topological polar surface area (TPSA) is 65.0 Å². The van der Waals surface area contributed by atoms with Gasteiger partial charge in [0.2, 0.25) is 0 Å². The average molecular weight is 215 g/mol. The van der Waals surface area contributed by atoms with Gasteiger partial charge in [0.25, 0.3) is 0 Å². The van der Waals surface area contributed by atoms with Gasteiger partial charge in [-0.2, -0.15) is 0 Å². The number of pyridine rings is 1. The third-order valence-electron chi connectivity index (χ3n) is 1.99. The van der Waals surface area contributed by atoms with Crippen LogP contribution < -0.4 is 0 Å². The second kappa shape index (κ2) is 4.48. The molecule has 0 saturated carbocycles. The molecular weight excluding hydrogens is 206 g/mol. The van der Waals surface area contributed by atoms with E-state index in [0.717, 1.165) is 0 Å². The molecule has 0 radical (unpaired) electrons. The van der Waals surface area contributed by atoms with Crippen LogP contribution in [0.5, 0.6) is 0 Å². The van der Waals surface area contributed by atoms with Crippen LogP contribution in [0.1, 0.15) is 10.5 Å². The fourth-order valence-corrected chi connectivity index (χ4v) is 1.23. The maximum atomic E-state index is 11.3. The average Bonchev–Trinajstić information content (AvgIpc) is 2.39. The molecule has 0 amide bonds. The van der Waals surface area contributed by atoms with Crippen molar-refractivity contribution in [3.8, 4) is 11.4 Å². The minimum absolute atomic E-state index is 0.221. The van der Waals surface area contributed by atoms with Crippen LogP contribution in [-0.2, 0) is 4.74 Å². The zero-order valence-corrected chi connectivity index (χ0v) is 8.62. The van der Waals surface area contributed by atoms with Crippen molar-refractivity contribution in [1.82, 2.24) is 15.0 Å². The van der Waals surface area contributed by atoms with Crippen LogP contribution >= 0.6 is 0 Å². The smallest absolute Gasteiger partial charge is 0.356 e. The molecule has 0 N–H and O–H groups in total. The molecule has 16 heavy (non-hydrogen) atoms. The third-order valence-corrected chi connectivity index (χ3v) is 1.99. The van der Waals surface area contributed by atoms with Gasteiger partial charge in [-0.3, -0.25) is 4.98 Å². The fraction of sp³-hybridized carbons (Fsp3) is 0.0909. The molecule has 0 atom stereocenters. The van der Waals surface area contributed by atoms with Crippen molar-refractivity contribution in [1.29, 1.82) is 0 Å². The Bertz CT molecular complexity index is 500. The molecule has 2 aromatic heterocycles. The lowest BCUT2D eigenvalue weighted by Crippen LogP contribution is -2.05. The molecule has 0 unspecified atom stereocenters. The van der Waals surface area contributed by atoms with E-state index in [1.165, 1.54) is 13.4 Å². The van der Waals surface area contributed by atoms with Crippen molar-refractivity contribution < 1.29 is 9.53 Å². The quantitative estimate of drug-likeness (QED) is 0.707. The summed E-state index contributed by atoms with van der Waals surface area (Å²) < 4.78 is 4.58. The van der Waals surface area contributed by atoms with E-state index in [1.54, 1.807) is 12.3 Å². The maximum Gasteiger partial charge on any atom is 0.356 e. The SMILES string of the molecule is COC(=O)c1cc(-c2ccccn2)ncn1. The number of esters is 1. The van der Waals surface area contributed by atoms with E-state index >= 15 is 0 Å². The predicted octanol–water partition coefficient (Wildman–Crippen LogP) is 1.33. The predicted molar refractivity (Wildman–Crippen MR) is 56.6 cm³/mol. The van der Waals surface area contributed by atoms with Crippen molar-refractivity contribution >= 4 is 5.97 Å². The van der Waals surface area contributed by atoms with Gasteiger partial charge in [0.1, 0.15) is 6.33 Å². The van der Waals surface area contributed by atoms with E-state index in [1.807, 2.05) is 18.2 Å². The highest BCUT2D eigenvalue weighted by atomic mass is 16.5. The summed E-state index contributed by atoms with van der Waals surface area (Å²) in [4.78, 5) is 23.3. The Morgan fingerprint density at radius 3 is 2.75 bits per heavy atom. The lowest BCUT2D eigenvalue weighted by molar-refractivity contribution is 0.0594. The van der Waals surface area contributed by atoms with Crippen LogP contribution in [0, 0.1) is 0 Å². The molecule has 0 fully saturated rings. The van der Waals surface area contributed by atoms with Gasteiger partial charge in [-0.05, 0) is 18.2 Å². The first kappa shape index (κ1) is 10.2. The van der Waals surface area contributed by atoms with Crippen molar-refractivity contribution in [2.24, 2.45) is 0 Å². The molecule has 0 aliphatic rings. The highest BCUT2D eigenvalue weighted by molar-refractivity contribution is 5.88. The van der Waals surface area contributed by atoms with E-state index in [4.69, 9.17) is 0 Å². The lowest BCUT2D eigenvalue weighted by Gasteiger charge is -2.01. The van der Waals surface area contributed by atoms with E-state index in [0.29, 0.717) is 11.4 Å². The Balaban J connectivity index is 2.40. The molecule has 0 saturated heterocycles. The number of methoxy groups -OCH3 is 1. The summed E-state index contributed by atoms with van der Waals surface area (Å²) in [6.45, 7) is 0. The van der Waals surface area contributed by atoms with Gasteiger partial charge in [-0.25, -0.2) is 14.8 Å².